The van der Waals surface area contributed by atoms with E-state index in [0.717, 1.165) is 24.8 Å². The van der Waals surface area contributed by atoms with Crippen LogP contribution >= 0.6 is 0 Å². The number of benzene rings is 2. The molecule has 0 aliphatic heterocycles. The van der Waals surface area contributed by atoms with E-state index in [1.165, 1.54) is 37.5 Å². The van der Waals surface area contributed by atoms with E-state index in [1.54, 1.807) is 12.1 Å². The Bertz CT molecular complexity index is 716. The van der Waals surface area contributed by atoms with Crippen molar-refractivity contribution in [2.45, 2.75) is 51.6 Å². The lowest BCUT2D eigenvalue weighted by atomic mass is 9.79. The molecule has 0 amide bonds. The normalized spacial score (nSPS) is 21.2. The first-order valence-electron chi connectivity index (χ1n) is 8.78. The zero-order chi connectivity index (χ0) is 18.0. The molecule has 3 rings (SSSR count). The van der Waals surface area contributed by atoms with Gasteiger partial charge in [-0.05, 0) is 67.0 Å². The summed E-state index contributed by atoms with van der Waals surface area (Å²) in [6, 6.07) is 10.2. The molecule has 0 saturated heterocycles. The van der Waals surface area contributed by atoms with Crippen LogP contribution in [-0.4, -0.2) is 0 Å². The van der Waals surface area contributed by atoms with Gasteiger partial charge in [0.05, 0.1) is 5.56 Å². The number of ether oxygens (including phenoxy) is 1. The number of halogens is 3. The molecule has 25 heavy (non-hydrogen) atoms. The van der Waals surface area contributed by atoms with Crippen molar-refractivity contribution < 1.29 is 17.9 Å². The number of hydrogen-bond acceptors (Lipinski definition) is 1. The lowest BCUT2D eigenvalue weighted by Crippen LogP contribution is -2.22. The van der Waals surface area contributed by atoms with Crippen LogP contribution in [-0.2, 0) is 6.11 Å². The van der Waals surface area contributed by atoms with Gasteiger partial charge < -0.3 is 4.74 Å². The van der Waals surface area contributed by atoms with Gasteiger partial charge in [-0.3, -0.25) is 0 Å². The molecule has 1 aliphatic carbocycles. The van der Waals surface area contributed by atoms with E-state index in [4.69, 9.17) is 4.74 Å². The first kappa shape index (κ1) is 17.8. The van der Waals surface area contributed by atoms with Crippen LogP contribution in [0.1, 0.15) is 55.2 Å². The second-order valence-electron chi connectivity index (χ2n) is 7.11. The molecule has 0 spiro atoms. The summed E-state index contributed by atoms with van der Waals surface area (Å²) in [6.07, 6.45) is 1.12. The predicted molar refractivity (Wildman–Crippen MR) is 92.5 cm³/mol. The molecule has 1 fully saturated rings. The van der Waals surface area contributed by atoms with Crippen molar-refractivity contribution in [2.24, 2.45) is 5.92 Å². The topological polar surface area (TPSA) is 9.23 Å². The summed E-state index contributed by atoms with van der Waals surface area (Å²) < 4.78 is 46.9. The average Bonchev–Trinajstić information content (AvgIpc) is 2.58. The van der Waals surface area contributed by atoms with Crippen LogP contribution < -0.4 is 4.74 Å². The van der Waals surface area contributed by atoms with Crippen molar-refractivity contribution >= 4 is 0 Å². The maximum Gasteiger partial charge on any atom is 0.426 e. The highest BCUT2D eigenvalue weighted by molar-refractivity contribution is 5.31. The Morgan fingerprint density at radius 3 is 2.20 bits per heavy atom. The Labute approximate surface area is 146 Å². The van der Waals surface area contributed by atoms with E-state index in [2.05, 4.69) is 6.92 Å². The third-order valence-corrected chi connectivity index (χ3v) is 5.12. The molecule has 1 saturated carbocycles. The molecule has 4 heteroatoms. The maximum absolute atomic E-state index is 14.3. The Kier molecular flexibility index (Phi) is 5.07. The highest BCUT2D eigenvalue weighted by Gasteiger charge is 2.35. The fourth-order valence-electron chi connectivity index (χ4n) is 3.38. The van der Waals surface area contributed by atoms with Crippen molar-refractivity contribution in [2.75, 3.05) is 0 Å². The van der Waals surface area contributed by atoms with Gasteiger partial charge in [-0.25, -0.2) is 4.39 Å². The minimum absolute atomic E-state index is 0.0823. The third kappa shape index (κ3) is 4.17. The van der Waals surface area contributed by atoms with Gasteiger partial charge in [0.1, 0.15) is 11.6 Å². The molecule has 0 atom stereocenters. The lowest BCUT2D eigenvalue weighted by molar-refractivity contribution is -0.185. The zero-order valence-corrected chi connectivity index (χ0v) is 14.6. The first-order valence-corrected chi connectivity index (χ1v) is 8.78. The smallest absolute Gasteiger partial charge is 0.426 e. The summed E-state index contributed by atoms with van der Waals surface area (Å²) in [5.74, 6) is 0.686. The van der Waals surface area contributed by atoms with Gasteiger partial charge in [-0.15, -0.1) is 0 Å². The molecule has 1 aliphatic rings. The Morgan fingerprint density at radius 2 is 1.60 bits per heavy atom. The Hall–Kier alpha value is -1.97. The van der Waals surface area contributed by atoms with Gasteiger partial charge >= 0.3 is 6.11 Å². The van der Waals surface area contributed by atoms with Gasteiger partial charge in [0, 0.05) is 0 Å². The number of rotatable bonds is 4. The summed E-state index contributed by atoms with van der Waals surface area (Å²) in [5.41, 5.74) is 1.01. The lowest BCUT2D eigenvalue weighted by Gasteiger charge is -2.26. The third-order valence-electron chi connectivity index (χ3n) is 5.12. The van der Waals surface area contributed by atoms with Crippen LogP contribution in [0.5, 0.6) is 5.75 Å². The first-order chi connectivity index (χ1) is 11.8. The molecule has 0 unspecified atom stereocenters. The summed E-state index contributed by atoms with van der Waals surface area (Å²) in [6.45, 7) is 3.80. The van der Waals surface area contributed by atoms with Crippen LogP contribution in [0.4, 0.5) is 13.2 Å². The summed E-state index contributed by atoms with van der Waals surface area (Å²) in [4.78, 5) is 0. The molecular formula is C21H23F3O. The maximum atomic E-state index is 14.3. The molecule has 2 aromatic rings. The molecule has 0 bridgehead atoms. The minimum Gasteiger partial charge on any atom is -0.429 e. The van der Waals surface area contributed by atoms with E-state index in [1.807, 2.05) is 12.1 Å². The van der Waals surface area contributed by atoms with E-state index < -0.39 is 17.5 Å². The Balaban J connectivity index is 1.70. The van der Waals surface area contributed by atoms with Gasteiger partial charge in [-0.1, -0.05) is 38.0 Å². The predicted octanol–water partition coefficient (Wildman–Crippen LogP) is 6.56. The fraction of sp³-hybridized carbons (Fsp3) is 0.429. The molecule has 0 radical (unpaired) electrons. The van der Waals surface area contributed by atoms with Crippen LogP contribution in [0.25, 0.3) is 0 Å². The van der Waals surface area contributed by atoms with Gasteiger partial charge in [0.25, 0.3) is 0 Å². The summed E-state index contributed by atoms with van der Waals surface area (Å²) in [5, 5.41) is 0. The molecule has 0 aromatic heterocycles. The van der Waals surface area contributed by atoms with Crippen LogP contribution in [0.3, 0.4) is 0 Å². The van der Waals surface area contributed by atoms with Crippen molar-refractivity contribution in [3.05, 3.63) is 65.0 Å². The molecule has 2 aromatic carbocycles. The van der Waals surface area contributed by atoms with E-state index >= 15 is 0 Å². The molecular weight excluding hydrogens is 325 g/mol. The second kappa shape index (κ2) is 7.11. The molecule has 134 valence electrons. The number of hydrogen-bond donors (Lipinski definition) is 0. The summed E-state index contributed by atoms with van der Waals surface area (Å²) in [7, 11) is 0. The quantitative estimate of drug-likeness (QED) is 0.608. The molecule has 0 N–H and O–H groups in total. The van der Waals surface area contributed by atoms with Crippen LogP contribution in [0.2, 0.25) is 0 Å². The highest BCUT2D eigenvalue weighted by Crippen LogP contribution is 2.37. The number of alkyl halides is 2. The fourth-order valence-corrected chi connectivity index (χ4v) is 3.38. The largest absolute Gasteiger partial charge is 0.429 e. The molecule has 0 heterocycles. The standard InChI is InChI=1S/C21H23F3O/c1-14-3-6-16(7-4-14)17-8-11-19(12-9-17)25-21(23,24)18-10-5-15(2)20(22)13-18/h5,8-14,16H,3-4,6-7H2,1-2H3. The SMILES string of the molecule is Cc1ccc(C(F)(F)Oc2ccc(C3CCC(C)CC3)cc2)cc1F. The second-order valence-corrected chi connectivity index (χ2v) is 7.11. The van der Waals surface area contributed by atoms with Gasteiger partial charge in [0.2, 0.25) is 0 Å². The van der Waals surface area contributed by atoms with Crippen molar-refractivity contribution in [3.63, 3.8) is 0 Å². The minimum atomic E-state index is -3.57. The van der Waals surface area contributed by atoms with E-state index in [0.29, 0.717) is 11.5 Å². The summed E-state index contributed by atoms with van der Waals surface area (Å²) >= 11 is 0. The zero-order valence-electron chi connectivity index (χ0n) is 14.6. The van der Waals surface area contributed by atoms with Gasteiger partial charge in [0.15, 0.2) is 0 Å². The van der Waals surface area contributed by atoms with Crippen molar-refractivity contribution in [3.8, 4) is 5.75 Å². The van der Waals surface area contributed by atoms with Gasteiger partial charge in [-0.2, -0.15) is 8.78 Å². The van der Waals surface area contributed by atoms with E-state index in [9.17, 15) is 13.2 Å². The molecule has 1 nitrogen and oxygen atoms in total. The monoisotopic (exact) mass is 348 g/mol. The van der Waals surface area contributed by atoms with Crippen LogP contribution in [0.15, 0.2) is 42.5 Å². The number of aryl methyl sites for hydroxylation is 1. The highest BCUT2D eigenvalue weighted by atomic mass is 19.3. The Morgan fingerprint density at radius 1 is 0.960 bits per heavy atom. The average molecular weight is 348 g/mol. The van der Waals surface area contributed by atoms with Crippen LogP contribution in [0, 0.1) is 18.7 Å². The van der Waals surface area contributed by atoms with Crippen molar-refractivity contribution in [1.29, 1.82) is 0 Å². The van der Waals surface area contributed by atoms with Crippen molar-refractivity contribution in [1.82, 2.24) is 0 Å². The van der Waals surface area contributed by atoms with E-state index in [-0.39, 0.29) is 5.75 Å².